The van der Waals surface area contributed by atoms with E-state index in [4.69, 9.17) is 5.11 Å². The highest BCUT2D eigenvalue weighted by Crippen LogP contribution is 2.21. The summed E-state index contributed by atoms with van der Waals surface area (Å²) in [5.41, 5.74) is -1.21. The third kappa shape index (κ3) is 3.50. The second-order valence-electron chi connectivity index (χ2n) is 5.58. The Morgan fingerprint density at radius 3 is 2.48 bits per heavy atom. The lowest BCUT2D eigenvalue weighted by Crippen LogP contribution is -2.68. The first-order chi connectivity index (χ1) is 9.61. The number of carboxylic acids is 1. The van der Waals surface area contributed by atoms with Gasteiger partial charge in [0.05, 0.1) is 0 Å². The van der Waals surface area contributed by atoms with Crippen molar-refractivity contribution in [2.75, 3.05) is 13.1 Å². The molecule has 118 valence electrons. The lowest BCUT2D eigenvalue weighted by Gasteiger charge is -2.43. The van der Waals surface area contributed by atoms with Gasteiger partial charge in [-0.05, 0) is 27.2 Å². The second kappa shape index (κ2) is 6.11. The summed E-state index contributed by atoms with van der Waals surface area (Å²) in [6.07, 6.45) is 0.563. The molecule has 1 aliphatic heterocycles. The van der Waals surface area contributed by atoms with E-state index in [0.29, 0.717) is 6.42 Å². The zero-order chi connectivity index (χ0) is 16.4. The van der Waals surface area contributed by atoms with Crippen LogP contribution in [-0.2, 0) is 14.4 Å². The van der Waals surface area contributed by atoms with E-state index in [1.807, 2.05) is 6.92 Å². The minimum absolute atomic E-state index is 0.274. The van der Waals surface area contributed by atoms with Crippen LogP contribution in [-0.4, -0.2) is 63.4 Å². The van der Waals surface area contributed by atoms with E-state index >= 15 is 0 Å². The standard InChI is InChI=1S/C13H21N3O5/c1-5-8(2)15(7-10(18)19)12(21)16-6-9(17)14-11(20)13(16,3)4/h8H,5-7H2,1-4H3,(H,18,19)(H,14,17,20). The number of amides is 4. The van der Waals surface area contributed by atoms with Gasteiger partial charge in [-0.2, -0.15) is 0 Å². The summed E-state index contributed by atoms with van der Waals surface area (Å²) < 4.78 is 0. The van der Waals surface area contributed by atoms with Gasteiger partial charge in [-0.1, -0.05) is 6.92 Å². The highest BCUT2D eigenvalue weighted by molar-refractivity contribution is 6.06. The van der Waals surface area contributed by atoms with Crippen molar-refractivity contribution in [3.63, 3.8) is 0 Å². The van der Waals surface area contributed by atoms with Crippen molar-refractivity contribution in [1.29, 1.82) is 0 Å². The lowest BCUT2D eigenvalue weighted by molar-refractivity contribution is -0.143. The molecule has 0 aromatic heterocycles. The van der Waals surface area contributed by atoms with Crippen molar-refractivity contribution in [3.8, 4) is 0 Å². The summed E-state index contributed by atoms with van der Waals surface area (Å²) in [5, 5.41) is 11.1. The minimum atomic E-state index is -1.21. The first kappa shape index (κ1) is 16.9. The maximum absolute atomic E-state index is 12.6. The van der Waals surface area contributed by atoms with Crippen LogP contribution in [0, 0.1) is 0 Å². The molecular formula is C13H21N3O5. The van der Waals surface area contributed by atoms with Crippen LogP contribution in [0.15, 0.2) is 0 Å². The molecule has 0 radical (unpaired) electrons. The number of imide groups is 1. The summed E-state index contributed by atoms with van der Waals surface area (Å²) >= 11 is 0. The number of aliphatic carboxylic acids is 1. The monoisotopic (exact) mass is 299 g/mol. The topological polar surface area (TPSA) is 107 Å². The van der Waals surface area contributed by atoms with Crippen molar-refractivity contribution in [1.82, 2.24) is 15.1 Å². The molecule has 1 atom stereocenters. The Hall–Kier alpha value is -2.12. The number of nitrogens with zero attached hydrogens (tertiary/aromatic N) is 2. The minimum Gasteiger partial charge on any atom is -0.480 e. The fraction of sp³-hybridized carbons (Fsp3) is 0.692. The van der Waals surface area contributed by atoms with E-state index in [-0.39, 0.29) is 12.6 Å². The molecule has 21 heavy (non-hydrogen) atoms. The molecule has 1 fully saturated rings. The van der Waals surface area contributed by atoms with Gasteiger partial charge in [0.15, 0.2) is 0 Å². The summed E-state index contributed by atoms with van der Waals surface area (Å²) in [5.74, 6) is -2.30. The molecule has 1 aliphatic rings. The van der Waals surface area contributed by atoms with Gasteiger partial charge in [0.2, 0.25) is 5.91 Å². The van der Waals surface area contributed by atoms with Gasteiger partial charge in [0, 0.05) is 6.04 Å². The molecule has 8 heteroatoms. The molecule has 2 N–H and O–H groups in total. The number of rotatable bonds is 4. The highest BCUT2D eigenvalue weighted by atomic mass is 16.4. The van der Waals surface area contributed by atoms with Gasteiger partial charge in [-0.25, -0.2) is 4.79 Å². The summed E-state index contributed by atoms with van der Waals surface area (Å²) in [4.78, 5) is 49.2. The molecule has 0 saturated carbocycles. The Kier molecular flexibility index (Phi) is 4.93. The number of hydrogen-bond donors (Lipinski definition) is 2. The van der Waals surface area contributed by atoms with Crippen LogP contribution in [0.25, 0.3) is 0 Å². The zero-order valence-corrected chi connectivity index (χ0v) is 12.7. The molecule has 0 aromatic carbocycles. The maximum atomic E-state index is 12.6. The number of carboxylic acid groups (broad SMARTS) is 1. The van der Waals surface area contributed by atoms with Crippen LogP contribution < -0.4 is 5.32 Å². The molecule has 0 spiro atoms. The first-order valence-electron chi connectivity index (χ1n) is 6.75. The fourth-order valence-electron chi connectivity index (χ4n) is 2.02. The van der Waals surface area contributed by atoms with Crippen molar-refractivity contribution in [2.24, 2.45) is 0 Å². The smallest absolute Gasteiger partial charge is 0.323 e. The Bertz CT molecular complexity index is 474. The Labute approximate surface area is 123 Å². The van der Waals surface area contributed by atoms with Gasteiger partial charge in [0.25, 0.3) is 5.91 Å². The predicted molar refractivity (Wildman–Crippen MR) is 73.4 cm³/mol. The molecule has 0 aliphatic carbocycles. The van der Waals surface area contributed by atoms with Gasteiger partial charge >= 0.3 is 12.0 Å². The lowest BCUT2D eigenvalue weighted by atomic mass is 9.99. The average molecular weight is 299 g/mol. The van der Waals surface area contributed by atoms with Crippen molar-refractivity contribution < 1.29 is 24.3 Å². The largest absolute Gasteiger partial charge is 0.480 e. The molecule has 0 aromatic rings. The van der Waals surface area contributed by atoms with Gasteiger partial charge < -0.3 is 14.9 Å². The van der Waals surface area contributed by atoms with E-state index in [9.17, 15) is 19.2 Å². The second-order valence-corrected chi connectivity index (χ2v) is 5.58. The molecular weight excluding hydrogens is 278 g/mol. The molecule has 1 heterocycles. The van der Waals surface area contributed by atoms with Crippen LogP contribution in [0.1, 0.15) is 34.1 Å². The van der Waals surface area contributed by atoms with E-state index < -0.39 is 35.9 Å². The summed E-state index contributed by atoms with van der Waals surface area (Å²) in [6, 6.07) is -0.940. The molecule has 1 rings (SSSR count). The third-order valence-corrected chi connectivity index (χ3v) is 3.69. The van der Waals surface area contributed by atoms with Crippen molar-refractivity contribution in [3.05, 3.63) is 0 Å². The highest BCUT2D eigenvalue weighted by Gasteiger charge is 2.45. The van der Waals surface area contributed by atoms with Crippen LogP contribution in [0.4, 0.5) is 4.79 Å². The van der Waals surface area contributed by atoms with Crippen LogP contribution >= 0.6 is 0 Å². The van der Waals surface area contributed by atoms with Gasteiger partial charge in [-0.15, -0.1) is 0 Å². The fourth-order valence-corrected chi connectivity index (χ4v) is 2.02. The molecule has 1 saturated heterocycles. The average Bonchev–Trinajstić information content (AvgIpc) is 2.38. The first-order valence-corrected chi connectivity index (χ1v) is 6.75. The predicted octanol–water partition coefficient (Wildman–Crippen LogP) is 0.0285. The van der Waals surface area contributed by atoms with E-state index in [1.165, 1.54) is 13.8 Å². The maximum Gasteiger partial charge on any atom is 0.323 e. The molecule has 4 amide bonds. The van der Waals surface area contributed by atoms with Crippen LogP contribution in [0.2, 0.25) is 0 Å². The third-order valence-electron chi connectivity index (χ3n) is 3.69. The van der Waals surface area contributed by atoms with Gasteiger partial charge in [0.1, 0.15) is 18.6 Å². The summed E-state index contributed by atoms with van der Waals surface area (Å²) in [7, 11) is 0. The van der Waals surface area contributed by atoms with Crippen LogP contribution in [0.5, 0.6) is 0 Å². The van der Waals surface area contributed by atoms with E-state index in [1.54, 1.807) is 6.92 Å². The van der Waals surface area contributed by atoms with E-state index in [2.05, 4.69) is 5.32 Å². The van der Waals surface area contributed by atoms with E-state index in [0.717, 1.165) is 9.80 Å². The summed E-state index contributed by atoms with van der Waals surface area (Å²) in [6.45, 7) is 5.83. The SMILES string of the molecule is CCC(C)N(CC(=O)O)C(=O)N1CC(=O)NC(=O)C1(C)C. The van der Waals surface area contributed by atoms with Gasteiger partial charge in [-0.3, -0.25) is 19.7 Å². The molecule has 8 nitrogen and oxygen atoms in total. The normalized spacial score (nSPS) is 19.0. The Morgan fingerprint density at radius 1 is 1.43 bits per heavy atom. The zero-order valence-electron chi connectivity index (χ0n) is 12.7. The number of carbonyl (C=O) groups excluding carboxylic acids is 3. The number of hydrogen-bond acceptors (Lipinski definition) is 4. The Balaban J connectivity index is 3.08. The number of nitrogens with one attached hydrogen (secondary N) is 1. The number of urea groups is 1. The van der Waals surface area contributed by atoms with Crippen molar-refractivity contribution >= 4 is 23.8 Å². The van der Waals surface area contributed by atoms with Crippen LogP contribution in [0.3, 0.4) is 0 Å². The number of piperazine rings is 1. The molecule has 0 bridgehead atoms. The Morgan fingerprint density at radius 2 is 2.00 bits per heavy atom. The molecule has 1 unspecified atom stereocenters. The van der Waals surface area contributed by atoms with Crippen molar-refractivity contribution in [2.45, 2.75) is 45.7 Å². The number of carbonyl (C=O) groups is 4. The quantitative estimate of drug-likeness (QED) is 0.712.